The molecule has 2 N–H and O–H groups in total. The van der Waals surface area contributed by atoms with E-state index in [-0.39, 0.29) is 0 Å². The molecule has 0 spiro atoms. The number of nitrogens with two attached hydrogens (primary N) is 1. The standard InChI is InChI=1S/C7H14N2O.C2H6/c1-6-7(2,8)10-5-4-9(6)3;1-2/h1,4-5,8H2,2-3H3;1-2H3. The number of likely N-dealkylation sites (N-methyl/N-ethyl adjacent to an activating group) is 1. The van der Waals surface area contributed by atoms with E-state index in [4.69, 9.17) is 10.5 Å². The van der Waals surface area contributed by atoms with Gasteiger partial charge in [-0.25, -0.2) is 0 Å². The van der Waals surface area contributed by atoms with E-state index in [0.29, 0.717) is 6.61 Å². The second kappa shape index (κ2) is 4.48. The molecule has 1 fully saturated rings. The molecule has 1 unspecified atom stereocenters. The summed E-state index contributed by atoms with van der Waals surface area (Å²) in [4.78, 5) is 2.02. The first-order valence-electron chi connectivity index (χ1n) is 4.37. The third kappa shape index (κ3) is 2.50. The average molecular weight is 172 g/mol. The smallest absolute Gasteiger partial charge is 0.154 e. The molecule has 1 atom stereocenters. The van der Waals surface area contributed by atoms with Crippen LogP contribution >= 0.6 is 0 Å². The van der Waals surface area contributed by atoms with Gasteiger partial charge in [-0.15, -0.1) is 0 Å². The van der Waals surface area contributed by atoms with E-state index in [1.807, 2.05) is 32.7 Å². The summed E-state index contributed by atoms with van der Waals surface area (Å²) in [6, 6.07) is 0. The molecule has 1 heterocycles. The van der Waals surface area contributed by atoms with Gasteiger partial charge in [-0.2, -0.15) is 0 Å². The fourth-order valence-corrected chi connectivity index (χ4v) is 0.992. The van der Waals surface area contributed by atoms with Gasteiger partial charge >= 0.3 is 0 Å². The van der Waals surface area contributed by atoms with Gasteiger partial charge in [0.15, 0.2) is 5.72 Å². The molecule has 0 radical (unpaired) electrons. The topological polar surface area (TPSA) is 38.5 Å². The van der Waals surface area contributed by atoms with Crippen molar-refractivity contribution in [3.05, 3.63) is 12.3 Å². The van der Waals surface area contributed by atoms with Crippen LogP contribution in [0.5, 0.6) is 0 Å². The van der Waals surface area contributed by atoms with E-state index in [9.17, 15) is 0 Å². The van der Waals surface area contributed by atoms with Crippen molar-refractivity contribution in [2.24, 2.45) is 5.73 Å². The van der Waals surface area contributed by atoms with Crippen LogP contribution in [0.1, 0.15) is 20.8 Å². The first-order chi connectivity index (χ1) is 5.54. The summed E-state index contributed by atoms with van der Waals surface area (Å²) in [5.74, 6) is 0. The molecule has 3 heteroatoms. The molecular weight excluding hydrogens is 152 g/mol. The van der Waals surface area contributed by atoms with Crippen molar-refractivity contribution in [2.45, 2.75) is 26.5 Å². The molecular formula is C9H20N2O. The fourth-order valence-electron chi connectivity index (χ4n) is 0.992. The first-order valence-corrected chi connectivity index (χ1v) is 4.37. The lowest BCUT2D eigenvalue weighted by Gasteiger charge is -2.38. The lowest BCUT2D eigenvalue weighted by molar-refractivity contribution is -0.0519. The second-order valence-corrected chi connectivity index (χ2v) is 2.82. The van der Waals surface area contributed by atoms with Gasteiger partial charge in [0.1, 0.15) is 0 Å². The summed E-state index contributed by atoms with van der Waals surface area (Å²) >= 11 is 0. The zero-order chi connectivity index (χ0) is 9.78. The molecule has 0 bridgehead atoms. The molecule has 1 rings (SSSR count). The minimum absolute atomic E-state index is 0.660. The van der Waals surface area contributed by atoms with Crippen molar-refractivity contribution in [1.82, 2.24) is 4.90 Å². The van der Waals surface area contributed by atoms with E-state index >= 15 is 0 Å². The summed E-state index contributed by atoms with van der Waals surface area (Å²) in [6.07, 6.45) is 0. The monoisotopic (exact) mass is 172 g/mol. The molecule has 3 nitrogen and oxygen atoms in total. The van der Waals surface area contributed by atoms with Gasteiger partial charge in [-0.3, -0.25) is 5.73 Å². The zero-order valence-corrected chi connectivity index (χ0v) is 8.55. The van der Waals surface area contributed by atoms with E-state index in [0.717, 1.165) is 12.2 Å². The molecule has 72 valence electrons. The summed E-state index contributed by atoms with van der Waals surface area (Å²) in [5, 5.41) is 0. The van der Waals surface area contributed by atoms with Crippen molar-refractivity contribution >= 4 is 0 Å². The van der Waals surface area contributed by atoms with Crippen LogP contribution in [0.15, 0.2) is 12.3 Å². The summed E-state index contributed by atoms with van der Waals surface area (Å²) in [7, 11) is 1.97. The Balaban J connectivity index is 0.000000561. The number of hydrogen-bond donors (Lipinski definition) is 1. The highest BCUT2D eigenvalue weighted by molar-refractivity contribution is 5.08. The number of ether oxygens (including phenoxy) is 1. The van der Waals surface area contributed by atoms with Crippen LogP contribution in [0.3, 0.4) is 0 Å². The molecule has 1 saturated heterocycles. The molecule has 1 aliphatic rings. The Hall–Kier alpha value is -0.540. The molecule has 0 aromatic rings. The third-order valence-corrected chi connectivity index (χ3v) is 1.86. The van der Waals surface area contributed by atoms with Crippen LogP contribution in [0.25, 0.3) is 0 Å². The van der Waals surface area contributed by atoms with Crippen molar-refractivity contribution in [1.29, 1.82) is 0 Å². The Morgan fingerprint density at radius 2 is 2.08 bits per heavy atom. The predicted molar refractivity (Wildman–Crippen MR) is 51.7 cm³/mol. The number of rotatable bonds is 0. The van der Waals surface area contributed by atoms with Gasteiger partial charge in [-0.1, -0.05) is 20.4 Å². The molecule has 0 saturated carbocycles. The van der Waals surface area contributed by atoms with Gasteiger partial charge in [-0.05, 0) is 6.92 Å². The summed E-state index contributed by atoms with van der Waals surface area (Å²) < 4.78 is 5.28. The van der Waals surface area contributed by atoms with Crippen LogP contribution in [0.4, 0.5) is 0 Å². The Bertz CT molecular complexity index is 155. The van der Waals surface area contributed by atoms with Crippen molar-refractivity contribution in [2.75, 3.05) is 20.2 Å². The Morgan fingerprint density at radius 3 is 2.42 bits per heavy atom. The van der Waals surface area contributed by atoms with Gasteiger partial charge < -0.3 is 9.64 Å². The van der Waals surface area contributed by atoms with E-state index in [2.05, 4.69) is 6.58 Å². The Labute approximate surface area is 75.2 Å². The van der Waals surface area contributed by atoms with Crippen LogP contribution in [-0.4, -0.2) is 30.8 Å². The van der Waals surface area contributed by atoms with Crippen molar-refractivity contribution in [3.8, 4) is 0 Å². The lowest BCUT2D eigenvalue weighted by Crippen LogP contribution is -2.51. The molecule has 1 aliphatic heterocycles. The van der Waals surface area contributed by atoms with Crippen molar-refractivity contribution in [3.63, 3.8) is 0 Å². The summed E-state index contributed by atoms with van der Waals surface area (Å²) in [6.45, 7) is 11.2. The first kappa shape index (κ1) is 11.5. The number of morpholine rings is 1. The normalized spacial score (nSPS) is 29.4. The molecule has 0 aromatic carbocycles. The highest BCUT2D eigenvalue weighted by Crippen LogP contribution is 2.19. The highest BCUT2D eigenvalue weighted by atomic mass is 16.5. The number of nitrogens with zero attached hydrogens (tertiary/aromatic N) is 1. The minimum Gasteiger partial charge on any atom is -0.373 e. The van der Waals surface area contributed by atoms with Crippen LogP contribution in [0.2, 0.25) is 0 Å². The van der Waals surface area contributed by atoms with Gasteiger partial charge in [0.25, 0.3) is 0 Å². The maximum absolute atomic E-state index is 5.75. The third-order valence-electron chi connectivity index (χ3n) is 1.86. The van der Waals surface area contributed by atoms with Gasteiger partial charge in [0.2, 0.25) is 0 Å². The Kier molecular flexibility index (Phi) is 4.28. The van der Waals surface area contributed by atoms with Gasteiger partial charge in [0.05, 0.1) is 12.3 Å². The lowest BCUT2D eigenvalue weighted by atomic mass is 10.1. The maximum Gasteiger partial charge on any atom is 0.154 e. The largest absolute Gasteiger partial charge is 0.373 e. The molecule has 0 aliphatic carbocycles. The van der Waals surface area contributed by atoms with Crippen LogP contribution in [0, 0.1) is 0 Å². The molecule has 0 aromatic heterocycles. The van der Waals surface area contributed by atoms with E-state index in [1.165, 1.54) is 0 Å². The van der Waals surface area contributed by atoms with Crippen LogP contribution < -0.4 is 5.73 Å². The predicted octanol–water partition coefficient (Wildman–Crippen LogP) is 1.16. The van der Waals surface area contributed by atoms with Crippen molar-refractivity contribution < 1.29 is 4.74 Å². The second-order valence-electron chi connectivity index (χ2n) is 2.82. The summed E-state index contributed by atoms with van der Waals surface area (Å²) in [5.41, 5.74) is 5.93. The zero-order valence-electron chi connectivity index (χ0n) is 8.55. The van der Waals surface area contributed by atoms with E-state index < -0.39 is 5.72 Å². The maximum atomic E-state index is 5.75. The quantitative estimate of drug-likeness (QED) is 0.596. The Morgan fingerprint density at radius 1 is 1.58 bits per heavy atom. The highest BCUT2D eigenvalue weighted by Gasteiger charge is 2.29. The molecule has 12 heavy (non-hydrogen) atoms. The van der Waals surface area contributed by atoms with Crippen LogP contribution in [-0.2, 0) is 4.74 Å². The fraction of sp³-hybridized carbons (Fsp3) is 0.778. The van der Waals surface area contributed by atoms with Gasteiger partial charge in [0, 0.05) is 13.6 Å². The SMILES string of the molecule is C=C1N(C)CCOC1(C)N.CC. The minimum atomic E-state index is -0.660. The molecule has 0 amide bonds. The number of hydrogen-bond acceptors (Lipinski definition) is 3. The average Bonchev–Trinajstić information content (AvgIpc) is 2.04. The van der Waals surface area contributed by atoms with E-state index in [1.54, 1.807) is 0 Å².